The van der Waals surface area contributed by atoms with Crippen LogP contribution in [0, 0.1) is 44.1 Å². The van der Waals surface area contributed by atoms with Crippen molar-refractivity contribution in [1.82, 2.24) is 0 Å². The standard InChI is InChI=1S/C25H44NO17.Ac/c1-6-11(26)21(42-23-18(35)15(32)12(29)7(2)38-23)20(10(5-28)37-6)41-25-22(17(34)14(31)9(4-27)40-25)43-24-19(36)16(33)13(30)8(3)39-24;/h6-36H,4-5H2,1-3H3;/q-1;/t6-,7?,8?,9?,10?,11?,12+,13-,14-,15?,16?,17?,18?,19?,20-,21?,22?,23+,24-,25-;/m0./s1. The first-order valence-electron chi connectivity index (χ1n) is 14.2. The number of nitrogens with one attached hydrogen (secondary N) is 1. The molecule has 0 aromatic rings. The Balaban J connectivity index is 0.00000529. The van der Waals surface area contributed by atoms with Gasteiger partial charge in [0.05, 0.1) is 31.5 Å². The van der Waals surface area contributed by atoms with Crippen LogP contribution in [0.2, 0.25) is 0 Å². The van der Waals surface area contributed by atoms with Crippen LogP contribution in [0.1, 0.15) is 20.8 Å². The van der Waals surface area contributed by atoms with Gasteiger partial charge in [-0.25, -0.2) is 0 Å². The summed E-state index contributed by atoms with van der Waals surface area (Å²) in [7, 11) is 0. The zero-order valence-corrected chi connectivity index (χ0v) is 29.1. The van der Waals surface area contributed by atoms with Crippen LogP contribution in [0.4, 0.5) is 0 Å². The van der Waals surface area contributed by atoms with Gasteiger partial charge >= 0.3 is 0 Å². The fraction of sp³-hybridized carbons (Fsp3) is 1.00. The molecule has 255 valence electrons. The summed E-state index contributed by atoms with van der Waals surface area (Å²) in [4.78, 5) is 0. The van der Waals surface area contributed by atoms with Crippen molar-refractivity contribution >= 4 is 0 Å². The molecule has 0 spiro atoms. The van der Waals surface area contributed by atoms with Crippen LogP contribution in [0.15, 0.2) is 0 Å². The van der Waals surface area contributed by atoms with E-state index in [1.54, 1.807) is 0 Å². The van der Waals surface area contributed by atoms with Crippen molar-refractivity contribution in [2.75, 3.05) is 13.2 Å². The Morgan fingerprint density at radius 1 is 0.477 bits per heavy atom. The van der Waals surface area contributed by atoms with E-state index in [-0.39, 0.29) is 44.1 Å². The SMILES string of the molecule is CC1O[C@H](OC2C([NH-])[C@H](C)OC(CO)[C@@H]2O[C@@H]2OC(CO)[C@H](O)C(O)C2O[C@@H]2OC(C)[C@H](O)C(O)C2O)C(O)C(O)[C@@H]1O.[Ac]. The quantitative estimate of drug-likeness (QED) is 0.109. The molecule has 4 fully saturated rings. The van der Waals surface area contributed by atoms with E-state index in [1.165, 1.54) is 20.8 Å². The van der Waals surface area contributed by atoms with Gasteiger partial charge in [0.25, 0.3) is 0 Å². The summed E-state index contributed by atoms with van der Waals surface area (Å²) in [6.45, 7) is 2.91. The molecule has 1 radical (unpaired) electrons. The molecule has 0 aliphatic carbocycles. The largest absolute Gasteiger partial charge is 0.670 e. The number of hydrogen-bond donors (Lipinski definition) is 10. The van der Waals surface area contributed by atoms with Gasteiger partial charge in [0.15, 0.2) is 18.9 Å². The Morgan fingerprint density at radius 2 is 0.932 bits per heavy atom. The Bertz CT molecular complexity index is 898. The van der Waals surface area contributed by atoms with E-state index in [9.17, 15) is 51.1 Å². The van der Waals surface area contributed by atoms with Crippen molar-refractivity contribution in [3.8, 4) is 0 Å². The van der Waals surface area contributed by atoms with E-state index in [0.29, 0.717) is 0 Å². The summed E-state index contributed by atoms with van der Waals surface area (Å²) < 4.78 is 40.1. The molecular weight excluding hydrogens is 813 g/mol. The molecule has 4 aliphatic rings. The third-order valence-corrected chi connectivity index (χ3v) is 8.43. The molecule has 20 atom stereocenters. The molecule has 0 bridgehead atoms. The molecular formula is C25H44AcNO17-. The minimum Gasteiger partial charge on any atom is -0.670 e. The fourth-order valence-electron chi connectivity index (χ4n) is 5.62. The maximum absolute atomic E-state index is 11.0. The second-order valence-corrected chi connectivity index (χ2v) is 11.5. The maximum atomic E-state index is 11.0. The molecule has 12 unspecified atom stereocenters. The summed E-state index contributed by atoms with van der Waals surface area (Å²) in [5.74, 6) is 0. The number of ether oxygens (including phenoxy) is 7. The first kappa shape index (κ1) is 39.2. The van der Waals surface area contributed by atoms with Gasteiger partial charge in [-0.1, -0.05) is 6.04 Å². The Hall–Kier alpha value is 0.722. The Morgan fingerprint density at radius 3 is 1.41 bits per heavy atom. The summed E-state index contributed by atoms with van der Waals surface area (Å²) in [6.07, 6.45) is -28.2. The van der Waals surface area contributed by atoms with E-state index in [1.807, 2.05) is 0 Å². The number of hydrogen-bond acceptors (Lipinski definition) is 17. The zero-order valence-electron chi connectivity index (χ0n) is 24.4. The van der Waals surface area contributed by atoms with Gasteiger partial charge in [-0.15, -0.1) is 0 Å². The molecule has 4 aliphatic heterocycles. The summed E-state index contributed by atoms with van der Waals surface area (Å²) in [5.41, 5.74) is 8.70. The van der Waals surface area contributed by atoms with Crippen molar-refractivity contribution in [1.29, 1.82) is 0 Å². The number of rotatable bonds is 8. The molecule has 4 saturated heterocycles. The smallest absolute Gasteiger partial charge is 0.187 e. The molecule has 0 aromatic heterocycles. The molecule has 44 heavy (non-hydrogen) atoms. The fourth-order valence-corrected chi connectivity index (χ4v) is 5.62. The van der Waals surface area contributed by atoms with Crippen molar-refractivity contribution in [3.63, 3.8) is 0 Å². The van der Waals surface area contributed by atoms with E-state index in [2.05, 4.69) is 0 Å². The van der Waals surface area contributed by atoms with Gasteiger partial charge in [-0.2, -0.15) is 0 Å². The van der Waals surface area contributed by atoms with Crippen molar-refractivity contribution in [3.05, 3.63) is 5.73 Å². The molecule has 11 N–H and O–H groups in total. The first-order chi connectivity index (χ1) is 20.2. The van der Waals surface area contributed by atoms with Gasteiger partial charge < -0.3 is 90.0 Å². The first-order valence-corrected chi connectivity index (χ1v) is 14.2. The normalized spacial score (nSPS) is 53.6. The second kappa shape index (κ2) is 16.4. The molecule has 0 saturated carbocycles. The van der Waals surface area contributed by atoms with Crippen molar-refractivity contribution in [2.45, 2.75) is 143 Å². The van der Waals surface area contributed by atoms with Gasteiger partial charge in [0.1, 0.15) is 73.2 Å². The van der Waals surface area contributed by atoms with E-state index in [4.69, 9.17) is 38.9 Å². The second-order valence-electron chi connectivity index (χ2n) is 11.5. The van der Waals surface area contributed by atoms with Crippen LogP contribution in [-0.4, -0.2) is 187 Å². The average Bonchev–Trinajstić information content (AvgIpc) is 2.98. The molecule has 18 nitrogen and oxygen atoms in total. The van der Waals surface area contributed by atoms with Gasteiger partial charge in [-0.05, 0) is 20.8 Å². The van der Waals surface area contributed by atoms with Crippen molar-refractivity contribution in [2.24, 2.45) is 0 Å². The van der Waals surface area contributed by atoms with E-state index in [0.717, 1.165) is 0 Å². The minimum atomic E-state index is -1.84. The van der Waals surface area contributed by atoms with Crippen LogP contribution in [-0.2, 0) is 33.2 Å². The molecule has 4 heterocycles. The predicted molar refractivity (Wildman–Crippen MR) is 137 cm³/mol. The van der Waals surface area contributed by atoms with Crippen LogP contribution in [0.25, 0.3) is 5.73 Å². The van der Waals surface area contributed by atoms with Crippen LogP contribution in [0.5, 0.6) is 0 Å². The third-order valence-electron chi connectivity index (χ3n) is 8.43. The van der Waals surface area contributed by atoms with E-state index < -0.39 is 136 Å². The summed E-state index contributed by atoms with van der Waals surface area (Å²) in [6, 6.07) is -1.25. The van der Waals surface area contributed by atoms with Gasteiger partial charge in [-0.3, -0.25) is 0 Å². The topological polar surface area (TPSA) is 291 Å². The maximum Gasteiger partial charge on any atom is 0.187 e. The van der Waals surface area contributed by atoms with Gasteiger partial charge in [0, 0.05) is 50.2 Å². The summed E-state index contributed by atoms with van der Waals surface area (Å²) >= 11 is 0. The average molecular weight is 858 g/mol. The number of aliphatic hydroxyl groups is 10. The van der Waals surface area contributed by atoms with E-state index >= 15 is 0 Å². The minimum absolute atomic E-state index is 0. The number of aliphatic hydroxyl groups excluding tert-OH is 10. The van der Waals surface area contributed by atoms with Crippen LogP contribution >= 0.6 is 0 Å². The Labute approximate surface area is 289 Å². The molecule has 4 rings (SSSR count). The monoisotopic (exact) mass is 857 g/mol. The Kier molecular flexibility index (Phi) is 14.6. The van der Waals surface area contributed by atoms with Crippen LogP contribution < -0.4 is 0 Å². The zero-order chi connectivity index (χ0) is 31.9. The summed E-state index contributed by atoms with van der Waals surface area (Å²) in [5, 5.41) is 103. The molecule has 0 aromatic carbocycles. The van der Waals surface area contributed by atoms with Crippen molar-refractivity contribution < 1.29 is 128 Å². The third kappa shape index (κ3) is 7.95. The van der Waals surface area contributed by atoms with Gasteiger partial charge in [0.2, 0.25) is 0 Å². The molecule has 0 amide bonds. The molecule has 19 heteroatoms. The van der Waals surface area contributed by atoms with Crippen LogP contribution in [0.3, 0.4) is 0 Å². The predicted octanol–water partition coefficient (Wildman–Crippen LogP) is -5.56.